The molecule has 6 heteroatoms. The Morgan fingerprint density at radius 3 is 1.86 bits per heavy atom. The minimum Gasteiger partial charge on any atom is -0.310 e. The van der Waals surface area contributed by atoms with Crippen LogP contribution < -0.4 is 4.98 Å². The van der Waals surface area contributed by atoms with E-state index in [0.717, 1.165) is 0 Å². The van der Waals surface area contributed by atoms with E-state index in [9.17, 15) is 0 Å². The lowest BCUT2D eigenvalue weighted by molar-refractivity contribution is 1.18. The van der Waals surface area contributed by atoms with Crippen LogP contribution in [0.3, 0.4) is 0 Å². The summed E-state index contributed by atoms with van der Waals surface area (Å²) >= 11 is 15.9. The second kappa shape index (κ2) is 3.20. The lowest BCUT2D eigenvalue weighted by atomic mass is 10.2. The summed E-state index contributed by atoms with van der Waals surface area (Å²) < 4.78 is 0. The molecule has 0 atom stereocenters. The summed E-state index contributed by atoms with van der Waals surface area (Å²) in [6.07, 6.45) is -2.39. The van der Waals surface area contributed by atoms with Crippen LogP contribution in [0.2, 0.25) is 0 Å². The molecule has 7 heavy (non-hydrogen) atoms. The molecule has 0 saturated heterocycles. The average molecular weight is 174 g/mol. The summed E-state index contributed by atoms with van der Waals surface area (Å²) in [4.78, 5) is 2.50. The second-order valence-corrected chi connectivity index (χ2v) is 9.07. The molecule has 0 aliphatic heterocycles. The highest BCUT2D eigenvalue weighted by Crippen LogP contribution is 2.13. The van der Waals surface area contributed by atoms with E-state index in [0.29, 0.717) is 0 Å². The highest BCUT2D eigenvalue weighted by molar-refractivity contribution is 7.63. The molecule has 0 aromatic heterocycles. The van der Waals surface area contributed by atoms with E-state index in [1.807, 2.05) is 0 Å². The predicted octanol–water partition coefficient (Wildman–Crippen LogP) is 0.854. The van der Waals surface area contributed by atoms with Gasteiger partial charge >= 0.3 is 6.16 Å². The fraction of sp³-hybridized carbons (Fsp3) is 1.00. The number of hydrogen-bond acceptors (Lipinski definition) is 1. The fourth-order valence-electron chi connectivity index (χ4n) is 0.116. The minimum absolute atomic E-state index is 0.225. The smallest absolute Gasteiger partial charge is 0.310 e. The number of nitrogens with one attached hydrogen (secondary N) is 1. The van der Waals surface area contributed by atoms with Crippen molar-refractivity contribution in [3.8, 4) is 0 Å². The molecule has 0 spiro atoms. The van der Waals surface area contributed by atoms with E-state index in [2.05, 4.69) is 4.98 Å². The summed E-state index contributed by atoms with van der Waals surface area (Å²) in [7, 11) is 4.98. The van der Waals surface area contributed by atoms with Crippen molar-refractivity contribution in [2.24, 2.45) is 0 Å². The molecule has 0 saturated carbocycles. The lowest BCUT2D eigenvalue weighted by Gasteiger charge is -2.05. The van der Waals surface area contributed by atoms with Crippen molar-refractivity contribution in [3.05, 3.63) is 0 Å². The summed E-state index contributed by atoms with van der Waals surface area (Å²) in [6, 6.07) is 0. The molecule has 40 valence electrons. The molecule has 0 aromatic carbocycles. The average Bonchev–Trinajstić information content (AvgIpc) is 1.30. The molecular weight excluding hydrogens is 171 g/mol. The van der Waals surface area contributed by atoms with Gasteiger partial charge in [0.2, 0.25) is 0 Å². The molecule has 0 bridgehead atoms. The molecule has 0 aliphatic carbocycles. The van der Waals surface area contributed by atoms with Crippen LogP contribution in [0.1, 0.15) is 0 Å². The predicted molar refractivity (Wildman–Crippen MR) is 37.1 cm³/mol. The zero-order valence-corrected chi connectivity index (χ0v) is 6.69. The van der Waals surface area contributed by atoms with Crippen molar-refractivity contribution in [1.82, 2.24) is 4.98 Å². The van der Waals surface area contributed by atoms with E-state index in [1.165, 1.54) is 0 Å². The van der Waals surface area contributed by atoms with Gasteiger partial charge in [0.15, 0.2) is 0 Å². The molecule has 0 unspecified atom stereocenters. The van der Waals surface area contributed by atoms with Crippen molar-refractivity contribution in [3.63, 3.8) is 0 Å². The van der Waals surface area contributed by atoms with E-state index < -0.39 is 6.16 Å². The van der Waals surface area contributed by atoms with Crippen LogP contribution in [0.25, 0.3) is 0 Å². The van der Waals surface area contributed by atoms with Gasteiger partial charge in [0.1, 0.15) is 0 Å². The number of hydrogen-bond donors (Lipinski definition) is 1. The third-order valence-corrected chi connectivity index (χ3v) is 2.11. The van der Waals surface area contributed by atoms with Gasteiger partial charge in [-0.15, -0.1) is 33.2 Å². The van der Waals surface area contributed by atoms with Crippen molar-refractivity contribution in [2.45, 2.75) is 0 Å². The molecular formula is CH3BCl3NSi. The van der Waals surface area contributed by atoms with Crippen LogP contribution in [0.15, 0.2) is 0 Å². The molecule has 0 rings (SSSR count). The van der Waals surface area contributed by atoms with Crippen molar-refractivity contribution < 1.29 is 0 Å². The van der Waals surface area contributed by atoms with E-state index in [1.54, 1.807) is 0 Å². The Kier molecular flexibility index (Phi) is 3.71. The molecule has 1 nitrogen and oxygen atoms in total. The summed E-state index contributed by atoms with van der Waals surface area (Å²) in [5.74, 6) is 0. The maximum Gasteiger partial charge on any atom is 0.421 e. The van der Waals surface area contributed by atoms with Crippen molar-refractivity contribution in [1.29, 1.82) is 0 Å². The van der Waals surface area contributed by atoms with Gasteiger partial charge in [-0.25, -0.2) is 0 Å². The maximum atomic E-state index is 5.31. The Morgan fingerprint density at radius 1 is 1.43 bits per heavy atom. The van der Waals surface area contributed by atoms with Gasteiger partial charge in [-0.3, -0.25) is 0 Å². The van der Waals surface area contributed by atoms with Crippen LogP contribution in [0, 0.1) is 0 Å². The van der Waals surface area contributed by atoms with Gasteiger partial charge in [0.05, 0.1) is 7.85 Å². The molecule has 0 aliphatic rings. The number of halogens is 3. The standard InChI is InChI=1S/CH3BCl3NSi/c2-1-6-7(3,4)5/h6H,1H2. The van der Waals surface area contributed by atoms with Gasteiger partial charge in [-0.1, -0.05) is 0 Å². The highest BCUT2D eigenvalue weighted by Gasteiger charge is 2.22. The van der Waals surface area contributed by atoms with Gasteiger partial charge in [0, 0.05) is 0 Å². The van der Waals surface area contributed by atoms with E-state index >= 15 is 0 Å². The molecule has 0 heterocycles. The van der Waals surface area contributed by atoms with Gasteiger partial charge in [-0.2, -0.15) is 0 Å². The van der Waals surface area contributed by atoms with Crippen molar-refractivity contribution >= 4 is 47.2 Å². The number of rotatable bonds is 2. The molecule has 0 amide bonds. The Labute approximate surface area is 58.9 Å². The third-order valence-electron chi connectivity index (χ3n) is 0.303. The lowest BCUT2D eigenvalue weighted by Crippen LogP contribution is -2.34. The third kappa shape index (κ3) is 7.11. The van der Waals surface area contributed by atoms with Gasteiger partial charge in [-0.05, 0) is 6.44 Å². The largest absolute Gasteiger partial charge is 0.421 e. The first-order chi connectivity index (χ1) is 3.06. The zero-order valence-electron chi connectivity index (χ0n) is 3.42. The van der Waals surface area contributed by atoms with E-state index in [4.69, 9.17) is 41.1 Å². The van der Waals surface area contributed by atoms with E-state index in [-0.39, 0.29) is 6.44 Å². The maximum absolute atomic E-state index is 5.31. The van der Waals surface area contributed by atoms with Crippen LogP contribution in [-0.4, -0.2) is 20.5 Å². The SMILES string of the molecule is [B]CN[Si](Cl)(Cl)Cl. The monoisotopic (exact) mass is 173 g/mol. The van der Waals surface area contributed by atoms with Gasteiger partial charge in [0.25, 0.3) is 0 Å². The molecule has 2 radical (unpaired) electrons. The normalized spacial score (nSPS) is 11.9. The Bertz CT molecular complexity index is 53.4. The highest BCUT2D eigenvalue weighted by atomic mass is 35.8. The Hall–Kier alpha value is 1.11. The first-order valence-corrected chi connectivity index (χ1v) is 6.61. The topological polar surface area (TPSA) is 12.0 Å². The second-order valence-electron chi connectivity index (χ2n) is 0.879. The summed E-state index contributed by atoms with van der Waals surface area (Å²) in [5, 5.41) is 0. The Balaban J connectivity index is 3.15. The van der Waals surface area contributed by atoms with Crippen molar-refractivity contribution in [2.75, 3.05) is 6.44 Å². The van der Waals surface area contributed by atoms with Gasteiger partial charge < -0.3 is 4.98 Å². The van der Waals surface area contributed by atoms with Crippen LogP contribution >= 0.6 is 33.2 Å². The van der Waals surface area contributed by atoms with Crippen LogP contribution in [0.4, 0.5) is 0 Å². The molecule has 0 aromatic rings. The minimum atomic E-state index is -2.62. The molecule has 0 fully saturated rings. The molecule has 1 N–H and O–H groups in total. The fourth-order valence-corrected chi connectivity index (χ4v) is 1.04. The first-order valence-electron chi connectivity index (χ1n) is 1.58. The first kappa shape index (κ1) is 8.11. The summed E-state index contributed by atoms with van der Waals surface area (Å²) in [5.41, 5.74) is 0. The zero-order chi connectivity index (χ0) is 5.91. The Morgan fingerprint density at radius 2 is 1.86 bits per heavy atom. The van der Waals surface area contributed by atoms with Crippen LogP contribution in [-0.2, 0) is 0 Å². The quantitative estimate of drug-likeness (QED) is 0.483. The van der Waals surface area contributed by atoms with Crippen LogP contribution in [0.5, 0.6) is 0 Å². The summed E-state index contributed by atoms with van der Waals surface area (Å²) in [6.45, 7) is 0.